The number of rotatable bonds is 3. The number of hydrogen-bond acceptors (Lipinski definition) is 4. The molecule has 0 aliphatic rings. The van der Waals surface area contributed by atoms with Crippen molar-refractivity contribution >= 4 is 17.0 Å². The number of aromatic nitrogens is 1. The molecule has 0 fully saturated rings. The van der Waals surface area contributed by atoms with E-state index in [2.05, 4.69) is 9.71 Å². The fraction of sp³-hybridized carbons (Fsp3) is 0.286. The van der Waals surface area contributed by atoms with Gasteiger partial charge >= 0.3 is 0 Å². The van der Waals surface area contributed by atoms with Crippen LogP contribution in [0.15, 0.2) is 12.3 Å². The first-order chi connectivity index (χ1) is 6.13. The van der Waals surface area contributed by atoms with Crippen molar-refractivity contribution in [1.82, 2.24) is 4.98 Å². The summed E-state index contributed by atoms with van der Waals surface area (Å²) in [6, 6.07) is 1.64. The molecule has 0 saturated heterocycles. The van der Waals surface area contributed by atoms with Gasteiger partial charge in [-0.3, -0.25) is 4.21 Å². The molecule has 1 aromatic heterocycles. The summed E-state index contributed by atoms with van der Waals surface area (Å²) in [6.45, 7) is 1.81. The number of aryl methyl sites for hydroxylation is 1. The molecule has 0 amide bonds. The molecule has 0 aromatic carbocycles. The maximum atomic E-state index is 10.4. The van der Waals surface area contributed by atoms with Gasteiger partial charge in [0.2, 0.25) is 5.88 Å². The summed E-state index contributed by atoms with van der Waals surface area (Å²) >= 11 is -2.36. The van der Waals surface area contributed by atoms with E-state index in [4.69, 9.17) is 4.74 Å². The van der Waals surface area contributed by atoms with E-state index in [0.29, 0.717) is 5.69 Å². The minimum Gasteiger partial charge on any atom is -0.755 e. The van der Waals surface area contributed by atoms with Crippen LogP contribution < -0.4 is 9.46 Å². The van der Waals surface area contributed by atoms with Gasteiger partial charge in [-0.2, -0.15) is 0 Å². The third-order valence-electron chi connectivity index (χ3n) is 1.37. The second-order valence-corrected chi connectivity index (χ2v) is 3.08. The van der Waals surface area contributed by atoms with Crippen LogP contribution in [-0.2, 0) is 11.3 Å². The van der Waals surface area contributed by atoms with Crippen molar-refractivity contribution in [1.29, 1.82) is 0 Å². The number of pyridine rings is 1. The predicted molar refractivity (Wildman–Crippen MR) is 48.1 cm³/mol. The summed E-state index contributed by atoms with van der Waals surface area (Å²) < 4.78 is 27.8. The van der Waals surface area contributed by atoms with E-state index < -0.39 is 11.3 Å². The van der Waals surface area contributed by atoms with Crippen molar-refractivity contribution in [3.8, 4) is 5.88 Å². The van der Waals surface area contributed by atoms with Crippen molar-refractivity contribution in [3.05, 3.63) is 17.8 Å². The fourth-order valence-corrected chi connectivity index (χ4v) is 1.21. The Hall–Kier alpha value is -1.14. The monoisotopic (exact) mass is 201 g/mol. The summed E-state index contributed by atoms with van der Waals surface area (Å²) in [5, 5.41) is 0. The van der Waals surface area contributed by atoms with E-state index in [-0.39, 0.29) is 5.88 Å². The third-order valence-corrected chi connectivity index (χ3v) is 1.76. The first-order valence-electron chi connectivity index (χ1n) is 3.50. The molecule has 0 aliphatic heterocycles. The van der Waals surface area contributed by atoms with Crippen molar-refractivity contribution in [2.24, 2.45) is 0 Å². The van der Waals surface area contributed by atoms with Gasteiger partial charge in [0.15, 0.2) is 0 Å². The van der Waals surface area contributed by atoms with Crippen LogP contribution in [0, 0.1) is 6.92 Å². The Morgan fingerprint density at radius 2 is 2.38 bits per heavy atom. The van der Waals surface area contributed by atoms with Crippen LogP contribution in [0.5, 0.6) is 5.88 Å². The zero-order valence-electron chi connectivity index (χ0n) is 7.23. The molecular weight excluding hydrogens is 192 g/mol. The van der Waals surface area contributed by atoms with Crippen LogP contribution in [0.1, 0.15) is 5.56 Å². The maximum Gasteiger partial charge on any atom is 0.237 e. The maximum absolute atomic E-state index is 10.4. The van der Waals surface area contributed by atoms with Gasteiger partial charge in [0.05, 0.1) is 7.11 Å². The lowest BCUT2D eigenvalue weighted by Gasteiger charge is -2.11. The molecule has 1 N–H and O–H groups in total. The second kappa shape index (κ2) is 4.20. The lowest BCUT2D eigenvalue weighted by atomic mass is 10.3. The highest BCUT2D eigenvalue weighted by atomic mass is 32.2. The quantitative estimate of drug-likeness (QED) is 0.727. The molecule has 1 aromatic rings. The van der Waals surface area contributed by atoms with Crippen LogP contribution >= 0.6 is 0 Å². The molecule has 0 saturated carbocycles. The van der Waals surface area contributed by atoms with E-state index in [9.17, 15) is 8.76 Å². The van der Waals surface area contributed by atoms with Gasteiger partial charge in [-0.15, -0.1) is 0 Å². The highest BCUT2D eigenvalue weighted by molar-refractivity contribution is 7.80. The summed E-state index contributed by atoms with van der Waals surface area (Å²) in [4.78, 5) is 3.89. The molecule has 1 rings (SSSR count). The van der Waals surface area contributed by atoms with E-state index in [1.54, 1.807) is 12.3 Å². The molecule has 1 unspecified atom stereocenters. The minimum absolute atomic E-state index is 0.259. The molecule has 1 heterocycles. The van der Waals surface area contributed by atoms with E-state index in [1.807, 2.05) is 6.92 Å². The van der Waals surface area contributed by atoms with Crippen molar-refractivity contribution < 1.29 is 13.5 Å². The van der Waals surface area contributed by atoms with Crippen molar-refractivity contribution in [2.75, 3.05) is 11.8 Å². The third kappa shape index (κ3) is 2.67. The van der Waals surface area contributed by atoms with Crippen LogP contribution in [0.3, 0.4) is 0 Å². The SMILES string of the molecule is COc1ncc(C)cc1NS(=O)[O-]. The van der Waals surface area contributed by atoms with Crippen LogP contribution in [-0.4, -0.2) is 20.9 Å². The predicted octanol–water partition coefficient (Wildman–Crippen LogP) is 0.605. The van der Waals surface area contributed by atoms with Gasteiger partial charge in [-0.05, 0) is 18.6 Å². The Balaban J connectivity index is 3.01. The zero-order chi connectivity index (χ0) is 9.84. The highest BCUT2D eigenvalue weighted by Gasteiger charge is 2.03. The first-order valence-corrected chi connectivity index (χ1v) is 4.57. The van der Waals surface area contributed by atoms with Crippen LogP contribution in [0.2, 0.25) is 0 Å². The molecular formula is C7H9N2O3S-. The number of nitrogens with zero attached hydrogens (tertiary/aromatic N) is 1. The highest BCUT2D eigenvalue weighted by Crippen LogP contribution is 2.21. The van der Waals surface area contributed by atoms with Crippen molar-refractivity contribution in [3.63, 3.8) is 0 Å². The Morgan fingerprint density at radius 3 is 2.92 bits per heavy atom. The Bertz CT molecular complexity index is 330. The molecule has 0 radical (unpaired) electrons. The molecule has 6 heteroatoms. The number of methoxy groups -OCH3 is 1. The average molecular weight is 201 g/mol. The Morgan fingerprint density at radius 1 is 1.69 bits per heavy atom. The molecule has 72 valence electrons. The van der Waals surface area contributed by atoms with Crippen molar-refractivity contribution in [2.45, 2.75) is 6.92 Å². The summed E-state index contributed by atoms with van der Waals surface area (Å²) in [5.74, 6) is 0.259. The molecule has 0 bridgehead atoms. The number of ether oxygens (including phenoxy) is 1. The fourth-order valence-electron chi connectivity index (χ4n) is 0.882. The van der Waals surface area contributed by atoms with Gasteiger partial charge in [-0.25, -0.2) is 4.98 Å². The lowest BCUT2D eigenvalue weighted by Crippen LogP contribution is -2.05. The first kappa shape index (κ1) is 9.94. The zero-order valence-corrected chi connectivity index (χ0v) is 8.05. The molecule has 1 atom stereocenters. The van der Waals surface area contributed by atoms with Crippen LogP contribution in [0.4, 0.5) is 5.69 Å². The van der Waals surface area contributed by atoms with Gasteiger partial charge < -0.3 is 14.0 Å². The Kier molecular flexibility index (Phi) is 3.21. The second-order valence-electron chi connectivity index (χ2n) is 2.41. The lowest BCUT2D eigenvalue weighted by molar-refractivity contribution is 0.400. The standard InChI is InChI=1S/C7H10N2O3S/c1-5-3-6(9-13(10)11)7(12-2)8-4-5/h3-4,9H,1-2H3,(H,10,11)/p-1. The van der Waals surface area contributed by atoms with E-state index >= 15 is 0 Å². The number of hydrogen-bond donors (Lipinski definition) is 1. The van der Waals surface area contributed by atoms with Gasteiger partial charge in [0.1, 0.15) is 5.69 Å². The smallest absolute Gasteiger partial charge is 0.237 e. The van der Waals surface area contributed by atoms with E-state index in [0.717, 1.165) is 5.56 Å². The summed E-state index contributed by atoms with van der Waals surface area (Å²) in [6.07, 6.45) is 1.59. The van der Waals surface area contributed by atoms with Gasteiger partial charge in [-0.1, -0.05) is 0 Å². The van der Waals surface area contributed by atoms with Gasteiger partial charge in [0, 0.05) is 17.5 Å². The molecule has 13 heavy (non-hydrogen) atoms. The number of nitrogens with one attached hydrogen (secondary N) is 1. The summed E-state index contributed by atoms with van der Waals surface area (Å²) in [5.41, 5.74) is 1.20. The van der Waals surface area contributed by atoms with Gasteiger partial charge in [0.25, 0.3) is 0 Å². The van der Waals surface area contributed by atoms with E-state index in [1.165, 1.54) is 7.11 Å². The summed E-state index contributed by atoms with van der Waals surface area (Å²) in [7, 11) is 1.43. The topological polar surface area (TPSA) is 74.3 Å². The largest absolute Gasteiger partial charge is 0.755 e. The molecule has 0 spiro atoms. The average Bonchev–Trinajstić information content (AvgIpc) is 2.03. The molecule has 0 aliphatic carbocycles. The number of anilines is 1. The van der Waals surface area contributed by atoms with Crippen LogP contribution in [0.25, 0.3) is 0 Å². The molecule has 5 nitrogen and oxygen atoms in total. The Labute approximate surface area is 78.6 Å². The minimum atomic E-state index is -2.36. The normalized spacial score (nSPS) is 12.2.